The number of carbonyl (C=O) groups excluding carboxylic acids is 2. The normalized spacial score (nSPS) is 12.9. The molecular weight excluding hydrogens is 342 g/mol. The van der Waals surface area contributed by atoms with E-state index in [4.69, 9.17) is 9.47 Å². The quantitative estimate of drug-likeness (QED) is 0.689. The number of amides is 1. The summed E-state index contributed by atoms with van der Waals surface area (Å²) in [4.78, 5) is 24.7. The van der Waals surface area contributed by atoms with Crippen molar-refractivity contribution in [1.82, 2.24) is 5.32 Å². The van der Waals surface area contributed by atoms with Crippen LogP contribution >= 0.6 is 0 Å². The van der Waals surface area contributed by atoms with E-state index in [2.05, 4.69) is 5.32 Å². The fraction of sp³-hybridized carbons (Fsp3) is 0.364. The lowest BCUT2D eigenvalue weighted by atomic mass is 10.0. The van der Waals surface area contributed by atoms with Crippen LogP contribution in [0.15, 0.2) is 60.7 Å². The predicted molar refractivity (Wildman–Crippen MR) is 104 cm³/mol. The van der Waals surface area contributed by atoms with E-state index in [0.717, 1.165) is 11.1 Å². The van der Waals surface area contributed by atoms with Crippen LogP contribution in [0.25, 0.3) is 0 Å². The van der Waals surface area contributed by atoms with Gasteiger partial charge in [0.2, 0.25) is 0 Å². The zero-order valence-electron chi connectivity index (χ0n) is 16.1. The van der Waals surface area contributed by atoms with Crippen molar-refractivity contribution in [3.8, 4) is 0 Å². The van der Waals surface area contributed by atoms with E-state index in [1.807, 2.05) is 81.4 Å². The van der Waals surface area contributed by atoms with Gasteiger partial charge in [0.25, 0.3) is 5.91 Å². The Morgan fingerprint density at radius 2 is 1.52 bits per heavy atom. The van der Waals surface area contributed by atoms with Crippen LogP contribution in [-0.4, -0.2) is 18.2 Å². The predicted octanol–water partition coefficient (Wildman–Crippen LogP) is 4.63. The maximum absolute atomic E-state index is 12.6. The summed E-state index contributed by atoms with van der Waals surface area (Å²) in [5.74, 6) is -0.133. The SMILES string of the molecule is CC(C)C[C@H](OC(=O)OCc1ccccc1)C(=O)NC(C)c1ccccc1. The van der Waals surface area contributed by atoms with Crippen LogP contribution in [0.1, 0.15) is 44.4 Å². The molecule has 0 aliphatic rings. The molecule has 2 atom stereocenters. The van der Waals surface area contributed by atoms with Crippen LogP contribution in [0.4, 0.5) is 4.79 Å². The van der Waals surface area contributed by atoms with Crippen LogP contribution in [0.3, 0.4) is 0 Å². The largest absolute Gasteiger partial charge is 0.509 e. The zero-order chi connectivity index (χ0) is 19.6. The Morgan fingerprint density at radius 3 is 2.11 bits per heavy atom. The van der Waals surface area contributed by atoms with Gasteiger partial charge in [-0.3, -0.25) is 4.79 Å². The standard InChI is InChI=1S/C22H27NO4/c1-16(2)14-20(21(24)23-17(3)19-12-8-5-9-13-19)27-22(25)26-15-18-10-6-4-7-11-18/h4-13,16-17,20H,14-15H2,1-3H3,(H,23,24)/t17?,20-/m0/s1. The van der Waals surface area contributed by atoms with Gasteiger partial charge in [0, 0.05) is 0 Å². The van der Waals surface area contributed by atoms with E-state index >= 15 is 0 Å². The summed E-state index contributed by atoms with van der Waals surface area (Å²) in [7, 11) is 0. The fourth-order valence-corrected chi connectivity index (χ4v) is 2.63. The molecule has 0 aromatic heterocycles. The summed E-state index contributed by atoms with van der Waals surface area (Å²) in [5, 5.41) is 2.91. The summed E-state index contributed by atoms with van der Waals surface area (Å²) in [6.07, 6.45) is -1.31. The summed E-state index contributed by atoms with van der Waals surface area (Å²) in [6, 6.07) is 18.8. The van der Waals surface area contributed by atoms with E-state index in [9.17, 15) is 9.59 Å². The number of carbonyl (C=O) groups is 2. The third kappa shape index (κ3) is 7.13. The molecule has 0 bridgehead atoms. The van der Waals surface area contributed by atoms with Crippen molar-refractivity contribution < 1.29 is 19.1 Å². The number of hydrogen-bond acceptors (Lipinski definition) is 4. The molecule has 0 spiro atoms. The molecule has 0 saturated carbocycles. The topological polar surface area (TPSA) is 64.6 Å². The van der Waals surface area contributed by atoms with Gasteiger partial charge >= 0.3 is 6.16 Å². The molecular formula is C22H27NO4. The first-order valence-corrected chi connectivity index (χ1v) is 9.18. The minimum absolute atomic E-state index is 0.107. The summed E-state index contributed by atoms with van der Waals surface area (Å²) >= 11 is 0. The average Bonchev–Trinajstić information content (AvgIpc) is 2.67. The molecule has 144 valence electrons. The van der Waals surface area contributed by atoms with Gasteiger partial charge < -0.3 is 14.8 Å². The molecule has 5 heteroatoms. The number of nitrogens with one attached hydrogen (secondary N) is 1. The van der Waals surface area contributed by atoms with Gasteiger partial charge in [-0.25, -0.2) is 4.79 Å². The molecule has 1 N–H and O–H groups in total. The Kier molecular flexibility index (Phi) is 7.86. The van der Waals surface area contributed by atoms with Crippen LogP contribution in [0.5, 0.6) is 0 Å². The van der Waals surface area contributed by atoms with E-state index in [1.165, 1.54) is 0 Å². The Hall–Kier alpha value is -2.82. The van der Waals surface area contributed by atoms with Gasteiger partial charge in [-0.05, 0) is 30.4 Å². The van der Waals surface area contributed by atoms with Crippen molar-refractivity contribution in [2.75, 3.05) is 0 Å². The number of benzene rings is 2. The minimum atomic E-state index is -0.889. The smallest absolute Gasteiger partial charge is 0.429 e. The first-order valence-electron chi connectivity index (χ1n) is 9.18. The molecule has 0 heterocycles. The van der Waals surface area contributed by atoms with E-state index < -0.39 is 12.3 Å². The van der Waals surface area contributed by atoms with E-state index in [1.54, 1.807) is 0 Å². The summed E-state index contributed by atoms with van der Waals surface area (Å²) < 4.78 is 10.4. The number of rotatable bonds is 8. The van der Waals surface area contributed by atoms with Gasteiger partial charge in [0.05, 0.1) is 6.04 Å². The first-order chi connectivity index (χ1) is 13.0. The lowest BCUT2D eigenvalue weighted by Crippen LogP contribution is -2.40. The molecule has 27 heavy (non-hydrogen) atoms. The lowest BCUT2D eigenvalue weighted by Gasteiger charge is -2.22. The highest BCUT2D eigenvalue weighted by atomic mass is 16.7. The molecule has 0 radical (unpaired) electrons. The Bertz CT molecular complexity index is 716. The second kappa shape index (κ2) is 10.4. The van der Waals surface area contributed by atoms with Crippen molar-refractivity contribution >= 4 is 12.1 Å². The molecule has 1 amide bonds. The van der Waals surface area contributed by atoms with Gasteiger partial charge in [0.1, 0.15) is 6.61 Å². The number of ether oxygens (including phenoxy) is 2. The second-order valence-corrected chi connectivity index (χ2v) is 6.90. The van der Waals surface area contributed by atoms with Gasteiger partial charge in [-0.2, -0.15) is 0 Å². The zero-order valence-corrected chi connectivity index (χ0v) is 16.1. The Morgan fingerprint density at radius 1 is 0.926 bits per heavy atom. The molecule has 1 unspecified atom stereocenters. The average molecular weight is 369 g/mol. The molecule has 2 rings (SSSR count). The highest BCUT2D eigenvalue weighted by molar-refractivity contribution is 5.83. The van der Waals surface area contributed by atoms with E-state index in [0.29, 0.717) is 6.42 Å². The lowest BCUT2D eigenvalue weighted by molar-refractivity contribution is -0.132. The van der Waals surface area contributed by atoms with Crippen molar-refractivity contribution in [3.05, 3.63) is 71.8 Å². The summed E-state index contributed by atoms with van der Waals surface area (Å²) in [6.45, 7) is 5.95. The molecule has 0 fully saturated rings. The second-order valence-electron chi connectivity index (χ2n) is 6.90. The van der Waals surface area contributed by atoms with Crippen LogP contribution in [0, 0.1) is 5.92 Å². The summed E-state index contributed by atoms with van der Waals surface area (Å²) in [5.41, 5.74) is 1.85. The Balaban J connectivity index is 1.92. The van der Waals surface area contributed by atoms with Crippen LogP contribution in [-0.2, 0) is 20.9 Å². The van der Waals surface area contributed by atoms with E-state index in [-0.39, 0.29) is 24.5 Å². The highest BCUT2D eigenvalue weighted by Gasteiger charge is 2.26. The van der Waals surface area contributed by atoms with Gasteiger partial charge in [-0.1, -0.05) is 74.5 Å². The van der Waals surface area contributed by atoms with Crippen LogP contribution in [0.2, 0.25) is 0 Å². The maximum atomic E-state index is 12.6. The molecule has 2 aromatic rings. The number of hydrogen-bond donors (Lipinski definition) is 1. The molecule has 5 nitrogen and oxygen atoms in total. The van der Waals surface area contributed by atoms with Crippen molar-refractivity contribution in [2.24, 2.45) is 5.92 Å². The van der Waals surface area contributed by atoms with Gasteiger partial charge in [0.15, 0.2) is 6.10 Å². The van der Waals surface area contributed by atoms with Crippen LogP contribution < -0.4 is 5.32 Å². The third-order valence-electron chi connectivity index (χ3n) is 4.07. The van der Waals surface area contributed by atoms with Gasteiger partial charge in [-0.15, -0.1) is 0 Å². The maximum Gasteiger partial charge on any atom is 0.509 e. The van der Waals surface area contributed by atoms with Crippen molar-refractivity contribution in [2.45, 2.75) is 45.9 Å². The monoisotopic (exact) mass is 369 g/mol. The molecule has 0 aliphatic carbocycles. The third-order valence-corrected chi connectivity index (χ3v) is 4.07. The minimum Gasteiger partial charge on any atom is -0.429 e. The molecule has 0 aliphatic heterocycles. The Labute approximate surface area is 160 Å². The fourth-order valence-electron chi connectivity index (χ4n) is 2.63. The molecule has 2 aromatic carbocycles. The highest BCUT2D eigenvalue weighted by Crippen LogP contribution is 2.15. The molecule has 0 saturated heterocycles. The first kappa shape index (κ1) is 20.5. The van der Waals surface area contributed by atoms with Crippen molar-refractivity contribution in [1.29, 1.82) is 0 Å². The van der Waals surface area contributed by atoms with Crippen molar-refractivity contribution in [3.63, 3.8) is 0 Å².